The Morgan fingerprint density at radius 2 is 1.91 bits per heavy atom. The van der Waals surface area contributed by atoms with Crippen molar-refractivity contribution in [3.63, 3.8) is 0 Å². The van der Waals surface area contributed by atoms with Crippen LogP contribution in [0.15, 0.2) is 30.6 Å². The normalized spacial score (nSPS) is 11.6. The van der Waals surface area contributed by atoms with Crippen molar-refractivity contribution in [1.82, 2.24) is 19.7 Å². The highest BCUT2D eigenvalue weighted by molar-refractivity contribution is 6.30. The van der Waals surface area contributed by atoms with Crippen LogP contribution >= 0.6 is 11.6 Å². The molecular formula is C13H7ClF4N4O. The molecule has 23 heavy (non-hydrogen) atoms. The van der Waals surface area contributed by atoms with Gasteiger partial charge in [-0.1, -0.05) is 11.6 Å². The summed E-state index contributed by atoms with van der Waals surface area (Å²) in [5.74, 6) is -0.192. The first-order valence-electron chi connectivity index (χ1n) is 6.19. The van der Waals surface area contributed by atoms with Gasteiger partial charge in [-0.15, -0.1) is 0 Å². The summed E-state index contributed by atoms with van der Waals surface area (Å²) in [6.07, 6.45) is 2.28. The molecule has 0 bridgehead atoms. The smallest absolute Gasteiger partial charge is 0.387 e. The highest BCUT2D eigenvalue weighted by Gasteiger charge is 2.17. The van der Waals surface area contributed by atoms with Crippen molar-refractivity contribution < 1.29 is 22.3 Å². The molecule has 2 heterocycles. The average Bonchev–Trinajstić information content (AvgIpc) is 2.89. The van der Waals surface area contributed by atoms with Crippen LogP contribution in [0.4, 0.5) is 17.6 Å². The maximum absolute atomic E-state index is 12.7. The molecule has 0 saturated carbocycles. The standard InChI is InChI=1S/C13H7ClF4N4O/c14-6-1-2-7(10(3-6)23-13(17)18)8-4-19-11-9(21-8)5-20-22(11)12(15)16/h1-5,12-13H. The van der Waals surface area contributed by atoms with E-state index in [2.05, 4.69) is 19.8 Å². The Bertz CT molecular complexity index is 855. The van der Waals surface area contributed by atoms with Crippen LogP contribution in [0.2, 0.25) is 5.02 Å². The number of aromatic nitrogens is 4. The van der Waals surface area contributed by atoms with Gasteiger partial charge in [-0.3, -0.25) is 0 Å². The monoisotopic (exact) mass is 346 g/mol. The van der Waals surface area contributed by atoms with Crippen LogP contribution in [-0.2, 0) is 0 Å². The van der Waals surface area contributed by atoms with E-state index in [9.17, 15) is 17.6 Å². The molecule has 0 fully saturated rings. The number of alkyl halides is 4. The van der Waals surface area contributed by atoms with Crippen molar-refractivity contribution in [3.05, 3.63) is 35.6 Å². The minimum atomic E-state index is -3.05. The number of halogens is 5. The zero-order valence-electron chi connectivity index (χ0n) is 11.1. The van der Waals surface area contributed by atoms with Crippen LogP contribution in [-0.4, -0.2) is 26.4 Å². The second-order valence-electron chi connectivity index (χ2n) is 4.35. The molecule has 1 aromatic carbocycles. The van der Waals surface area contributed by atoms with E-state index < -0.39 is 13.2 Å². The lowest BCUT2D eigenvalue weighted by Gasteiger charge is -2.10. The molecule has 10 heteroatoms. The number of hydrogen-bond acceptors (Lipinski definition) is 4. The molecular weight excluding hydrogens is 340 g/mol. The van der Waals surface area contributed by atoms with Gasteiger partial charge in [0.25, 0.3) is 0 Å². The Morgan fingerprint density at radius 1 is 1.13 bits per heavy atom. The molecule has 0 saturated heterocycles. The largest absolute Gasteiger partial charge is 0.434 e. The van der Waals surface area contributed by atoms with Crippen molar-refractivity contribution in [3.8, 4) is 17.0 Å². The Kier molecular flexibility index (Phi) is 4.03. The summed E-state index contributed by atoms with van der Waals surface area (Å²) in [5.41, 5.74) is 0.349. The van der Waals surface area contributed by atoms with E-state index in [1.165, 1.54) is 24.4 Å². The number of rotatable bonds is 4. The molecule has 0 amide bonds. The molecule has 0 spiro atoms. The molecule has 0 unspecified atom stereocenters. The number of fused-ring (bicyclic) bond motifs is 1. The summed E-state index contributed by atoms with van der Waals surface area (Å²) in [6.45, 7) is -5.91. The lowest BCUT2D eigenvalue weighted by molar-refractivity contribution is -0.0494. The third-order valence-corrected chi connectivity index (χ3v) is 3.16. The zero-order valence-corrected chi connectivity index (χ0v) is 11.9. The summed E-state index contributed by atoms with van der Waals surface area (Å²) in [4.78, 5) is 7.96. The van der Waals surface area contributed by atoms with Crippen molar-refractivity contribution in [2.24, 2.45) is 0 Å². The van der Waals surface area contributed by atoms with Crippen LogP contribution < -0.4 is 4.74 Å². The van der Waals surface area contributed by atoms with Gasteiger partial charge < -0.3 is 4.74 Å². The topological polar surface area (TPSA) is 52.8 Å². The second-order valence-corrected chi connectivity index (χ2v) is 4.79. The Balaban J connectivity index is 2.10. The molecule has 3 rings (SSSR count). The van der Waals surface area contributed by atoms with Crippen LogP contribution in [0, 0.1) is 0 Å². The molecule has 5 nitrogen and oxygen atoms in total. The van der Waals surface area contributed by atoms with Crippen LogP contribution in [0.1, 0.15) is 6.55 Å². The Labute approximate surface area is 131 Å². The van der Waals surface area contributed by atoms with E-state index in [4.69, 9.17) is 11.6 Å². The van der Waals surface area contributed by atoms with E-state index in [1.807, 2.05) is 0 Å². The van der Waals surface area contributed by atoms with Crippen LogP contribution in [0.3, 0.4) is 0 Å². The second kappa shape index (κ2) is 5.99. The van der Waals surface area contributed by atoms with Gasteiger partial charge in [-0.05, 0) is 18.2 Å². The molecule has 0 atom stereocenters. The Morgan fingerprint density at radius 3 is 2.61 bits per heavy atom. The predicted molar refractivity (Wildman–Crippen MR) is 73.7 cm³/mol. The molecule has 0 aliphatic heterocycles. The van der Waals surface area contributed by atoms with Gasteiger partial charge in [0.1, 0.15) is 11.3 Å². The van der Waals surface area contributed by atoms with Crippen molar-refractivity contribution in [1.29, 1.82) is 0 Å². The number of ether oxygens (including phenoxy) is 1. The molecule has 0 radical (unpaired) electrons. The number of benzene rings is 1. The van der Waals surface area contributed by atoms with Crippen LogP contribution in [0.5, 0.6) is 5.75 Å². The average molecular weight is 347 g/mol. The highest BCUT2D eigenvalue weighted by atomic mass is 35.5. The summed E-state index contributed by atoms with van der Waals surface area (Å²) in [5, 5.41) is 3.68. The maximum atomic E-state index is 12.7. The van der Waals surface area contributed by atoms with E-state index in [0.717, 1.165) is 6.20 Å². The van der Waals surface area contributed by atoms with Gasteiger partial charge in [-0.25, -0.2) is 9.97 Å². The lowest BCUT2D eigenvalue weighted by Crippen LogP contribution is -2.04. The van der Waals surface area contributed by atoms with E-state index in [0.29, 0.717) is 4.68 Å². The molecule has 3 aromatic rings. The Hall–Kier alpha value is -2.42. The molecule has 2 aromatic heterocycles. The number of hydrogen-bond donors (Lipinski definition) is 0. The third kappa shape index (κ3) is 3.04. The number of nitrogens with zero attached hydrogens (tertiary/aromatic N) is 4. The fourth-order valence-electron chi connectivity index (χ4n) is 2.01. The molecule has 120 valence electrons. The quantitative estimate of drug-likeness (QED) is 0.666. The minimum absolute atomic E-state index is 0.0979. The first kappa shape index (κ1) is 15.5. The summed E-state index contributed by atoms with van der Waals surface area (Å²) in [6, 6.07) is 4.09. The van der Waals surface area contributed by atoms with Crippen LogP contribution in [0.25, 0.3) is 22.4 Å². The summed E-state index contributed by atoms with van der Waals surface area (Å²) >= 11 is 5.76. The van der Waals surface area contributed by atoms with E-state index >= 15 is 0 Å². The lowest BCUT2D eigenvalue weighted by atomic mass is 10.1. The molecule has 0 aliphatic rings. The predicted octanol–water partition coefficient (Wildman–Crippen LogP) is 4.14. The van der Waals surface area contributed by atoms with Crippen molar-refractivity contribution in [2.75, 3.05) is 0 Å². The fraction of sp³-hybridized carbons (Fsp3) is 0.154. The van der Waals surface area contributed by atoms with Crippen molar-refractivity contribution >= 4 is 22.8 Å². The van der Waals surface area contributed by atoms with Gasteiger partial charge in [0, 0.05) is 10.6 Å². The fourth-order valence-corrected chi connectivity index (χ4v) is 2.17. The van der Waals surface area contributed by atoms with Gasteiger partial charge in [0.05, 0.1) is 18.1 Å². The summed E-state index contributed by atoms with van der Waals surface area (Å²) in [7, 11) is 0. The molecule has 0 aliphatic carbocycles. The third-order valence-electron chi connectivity index (χ3n) is 2.92. The van der Waals surface area contributed by atoms with E-state index in [1.54, 1.807) is 0 Å². The highest BCUT2D eigenvalue weighted by Crippen LogP contribution is 2.33. The van der Waals surface area contributed by atoms with Crippen molar-refractivity contribution in [2.45, 2.75) is 13.2 Å². The van der Waals surface area contributed by atoms with Gasteiger partial charge in [0.2, 0.25) is 0 Å². The van der Waals surface area contributed by atoms with Gasteiger partial charge in [-0.2, -0.15) is 27.3 Å². The zero-order chi connectivity index (χ0) is 16.6. The SMILES string of the molecule is FC(F)Oc1cc(Cl)ccc1-c1cnc2c(cnn2C(F)F)n1. The first-order chi connectivity index (χ1) is 11.0. The minimum Gasteiger partial charge on any atom is -0.434 e. The molecule has 0 N–H and O–H groups in total. The maximum Gasteiger partial charge on any atom is 0.387 e. The first-order valence-corrected chi connectivity index (χ1v) is 6.56. The van der Waals surface area contributed by atoms with Gasteiger partial charge >= 0.3 is 13.2 Å². The van der Waals surface area contributed by atoms with Gasteiger partial charge in [0.15, 0.2) is 5.65 Å². The van der Waals surface area contributed by atoms with E-state index in [-0.39, 0.29) is 33.2 Å². The summed E-state index contributed by atoms with van der Waals surface area (Å²) < 4.78 is 55.2.